The van der Waals surface area contributed by atoms with Gasteiger partial charge in [-0.15, -0.1) is 12.4 Å². The highest BCUT2D eigenvalue weighted by atomic mass is 79.9. The van der Waals surface area contributed by atoms with Gasteiger partial charge >= 0.3 is 0 Å². The standard InChI is InChI=1S/C15H21BrN2O2.ClH/c1-20-11-6-7-13(16)12(8-11)15(19)18-14-5-3-2-4-10(14)9-17;/h6-8,10,14H,2-5,9,17H2,1H3,(H,18,19);1H. The maximum absolute atomic E-state index is 12.4. The number of hydrogen-bond donors (Lipinski definition) is 2. The first-order valence-electron chi connectivity index (χ1n) is 7.00. The second kappa shape index (κ2) is 8.61. The van der Waals surface area contributed by atoms with Crippen molar-refractivity contribution in [2.45, 2.75) is 31.7 Å². The van der Waals surface area contributed by atoms with Crippen LogP contribution in [0.2, 0.25) is 0 Å². The molecule has 0 aliphatic heterocycles. The molecule has 118 valence electrons. The molecule has 0 bridgehead atoms. The van der Waals surface area contributed by atoms with Crippen molar-refractivity contribution in [3.8, 4) is 5.75 Å². The third-order valence-corrected chi connectivity index (χ3v) is 4.64. The molecule has 0 heterocycles. The minimum Gasteiger partial charge on any atom is -0.497 e. The van der Waals surface area contributed by atoms with Crippen molar-refractivity contribution >= 4 is 34.2 Å². The van der Waals surface area contributed by atoms with Crippen molar-refractivity contribution in [2.24, 2.45) is 11.7 Å². The molecule has 3 N–H and O–H groups in total. The lowest BCUT2D eigenvalue weighted by Crippen LogP contribution is -2.44. The van der Waals surface area contributed by atoms with Crippen LogP contribution in [0.5, 0.6) is 5.75 Å². The van der Waals surface area contributed by atoms with Crippen molar-refractivity contribution in [3.63, 3.8) is 0 Å². The Kier molecular flexibility index (Phi) is 7.49. The van der Waals surface area contributed by atoms with E-state index >= 15 is 0 Å². The molecule has 4 nitrogen and oxygen atoms in total. The summed E-state index contributed by atoms with van der Waals surface area (Å²) in [5, 5.41) is 3.12. The van der Waals surface area contributed by atoms with Crippen LogP contribution >= 0.6 is 28.3 Å². The number of nitrogens with one attached hydrogen (secondary N) is 1. The fourth-order valence-corrected chi connectivity index (χ4v) is 3.16. The summed E-state index contributed by atoms with van der Waals surface area (Å²) >= 11 is 3.42. The van der Waals surface area contributed by atoms with Crippen LogP contribution in [0, 0.1) is 5.92 Å². The number of carbonyl (C=O) groups excluding carboxylic acids is 1. The summed E-state index contributed by atoms with van der Waals surface area (Å²) in [7, 11) is 1.59. The molecule has 1 aromatic carbocycles. The zero-order valence-corrected chi connectivity index (χ0v) is 14.5. The fraction of sp³-hybridized carbons (Fsp3) is 0.533. The molecular formula is C15H22BrClN2O2. The molecule has 1 aromatic rings. The van der Waals surface area contributed by atoms with Gasteiger partial charge < -0.3 is 15.8 Å². The molecule has 2 unspecified atom stereocenters. The predicted molar refractivity (Wildman–Crippen MR) is 90.2 cm³/mol. The second-order valence-electron chi connectivity index (χ2n) is 5.21. The van der Waals surface area contributed by atoms with Gasteiger partial charge in [0.25, 0.3) is 5.91 Å². The van der Waals surface area contributed by atoms with Gasteiger partial charge in [0.1, 0.15) is 5.75 Å². The lowest BCUT2D eigenvalue weighted by molar-refractivity contribution is 0.0907. The molecule has 0 spiro atoms. The minimum atomic E-state index is -0.0684. The molecule has 0 radical (unpaired) electrons. The number of benzene rings is 1. The van der Waals surface area contributed by atoms with Crippen LogP contribution in [0.15, 0.2) is 22.7 Å². The number of rotatable bonds is 4. The van der Waals surface area contributed by atoms with Gasteiger partial charge in [-0.1, -0.05) is 12.8 Å². The van der Waals surface area contributed by atoms with Crippen LogP contribution in [0.25, 0.3) is 0 Å². The molecule has 6 heteroatoms. The second-order valence-corrected chi connectivity index (χ2v) is 6.06. The van der Waals surface area contributed by atoms with Crippen LogP contribution < -0.4 is 15.8 Å². The largest absolute Gasteiger partial charge is 0.497 e. The average Bonchev–Trinajstić information content (AvgIpc) is 2.48. The Balaban J connectivity index is 0.00000220. The summed E-state index contributed by atoms with van der Waals surface area (Å²) in [6.07, 6.45) is 4.47. The van der Waals surface area contributed by atoms with E-state index in [-0.39, 0.29) is 24.4 Å². The minimum absolute atomic E-state index is 0. The summed E-state index contributed by atoms with van der Waals surface area (Å²) in [4.78, 5) is 12.4. The Morgan fingerprint density at radius 2 is 2.14 bits per heavy atom. The first kappa shape index (κ1) is 18.3. The quantitative estimate of drug-likeness (QED) is 0.847. The van der Waals surface area contributed by atoms with E-state index in [0.29, 0.717) is 23.8 Å². The molecular weight excluding hydrogens is 356 g/mol. The van der Waals surface area contributed by atoms with E-state index in [1.807, 2.05) is 12.1 Å². The molecule has 2 atom stereocenters. The van der Waals surface area contributed by atoms with Gasteiger partial charge in [-0.25, -0.2) is 0 Å². The number of ether oxygens (including phenoxy) is 1. The van der Waals surface area contributed by atoms with Gasteiger partial charge in [-0.05, 0) is 59.4 Å². The van der Waals surface area contributed by atoms with Crippen molar-refractivity contribution in [1.29, 1.82) is 0 Å². The van der Waals surface area contributed by atoms with E-state index in [9.17, 15) is 4.79 Å². The number of nitrogens with two attached hydrogens (primary N) is 1. The first-order valence-corrected chi connectivity index (χ1v) is 7.79. The van der Waals surface area contributed by atoms with Gasteiger partial charge in [-0.3, -0.25) is 4.79 Å². The van der Waals surface area contributed by atoms with Gasteiger partial charge in [0.15, 0.2) is 0 Å². The average molecular weight is 378 g/mol. The molecule has 2 rings (SSSR count). The molecule has 1 aliphatic carbocycles. The Hall–Kier alpha value is -0.780. The highest BCUT2D eigenvalue weighted by Crippen LogP contribution is 2.26. The lowest BCUT2D eigenvalue weighted by atomic mass is 9.84. The van der Waals surface area contributed by atoms with E-state index in [2.05, 4.69) is 21.2 Å². The highest BCUT2D eigenvalue weighted by Gasteiger charge is 2.26. The predicted octanol–water partition coefficient (Wildman–Crippen LogP) is 3.13. The van der Waals surface area contributed by atoms with Crippen LogP contribution in [0.4, 0.5) is 0 Å². The van der Waals surface area contributed by atoms with Crippen molar-refractivity contribution in [2.75, 3.05) is 13.7 Å². The smallest absolute Gasteiger partial charge is 0.252 e. The zero-order valence-electron chi connectivity index (χ0n) is 12.1. The van der Waals surface area contributed by atoms with E-state index in [1.54, 1.807) is 13.2 Å². The van der Waals surface area contributed by atoms with E-state index in [4.69, 9.17) is 10.5 Å². The van der Waals surface area contributed by atoms with E-state index in [0.717, 1.165) is 23.7 Å². The van der Waals surface area contributed by atoms with Crippen LogP contribution in [0.3, 0.4) is 0 Å². The van der Waals surface area contributed by atoms with E-state index in [1.165, 1.54) is 6.42 Å². The summed E-state index contributed by atoms with van der Waals surface area (Å²) in [6, 6.07) is 5.58. The van der Waals surface area contributed by atoms with Gasteiger partial charge in [0, 0.05) is 10.5 Å². The Bertz CT molecular complexity index is 485. The summed E-state index contributed by atoms with van der Waals surface area (Å²) in [5.41, 5.74) is 6.41. The van der Waals surface area contributed by atoms with Crippen molar-refractivity contribution < 1.29 is 9.53 Å². The van der Waals surface area contributed by atoms with Gasteiger partial charge in [0.05, 0.1) is 12.7 Å². The Labute approximate surface area is 140 Å². The SMILES string of the molecule is COc1ccc(Br)c(C(=O)NC2CCCCC2CN)c1.Cl. The molecule has 0 aromatic heterocycles. The third-order valence-electron chi connectivity index (χ3n) is 3.95. The maximum Gasteiger partial charge on any atom is 0.252 e. The summed E-state index contributed by atoms with van der Waals surface area (Å²) in [6.45, 7) is 0.629. The monoisotopic (exact) mass is 376 g/mol. The van der Waals surface area contributed by atoms with Crippen LogP contribution in [-0.2, 0) is 0 Å². The number of halogens is 2. The lowest BCUT2D eigenvalue weighted by Gasteiger charge is -2.31. The summed E-state index contributed by atoms with van der Waals surface area (Å²) < 4.78 is 5.95. The molecule has 21 heavy (non-hydrogen) atoms. The number of hydrogen-bond acceptors (Lipinski definition) is 3. The highest BCUT2D eigenvalue weighted by molar-refractivity contribution is 9.10. The molecule has 1 aliphatic rings. The normalized spacial score (nSPS) is 21.3. The van der Waals surface area contributed by atoms with Crippen LogP contribution in [0.1, 0.15) is 36.0 Å². The fourth-order valence-electron chi connectivity index (χ4n) is 2.73. The van der Waals surface area contributed by atoms with Gasteiger partial charge in [0.2, 0.25) is 0 Å². The number of methoxy groups -OCH3 is 1. The first-order chi connectivity index (χ1) is 9.65. The van der Waals surface area contributed by atoms with Crippen LogP contribution in [-0.4, -0.2) is 25.6 Å². The number of carbonyl (C=O) groups is 1. The van der Waals surface area contributed by atoms with Crippen molar-refractivity contribution in [1.82, 2.24) is 5.32 Å². The Morgan fingerprint density at radius 1 is 1.43 bits per heavy atom. The molecule has 1 fully saturated rings. The molecule has 1 saturated carbocycles. The van der Waals surface area contributed by atoms with E-state index < -0.39 is 0 Å². The topological polar surface area (TPSA) is 64.3 Å². The zero-order chi connectivity index (χ0) is 14.5. The number of amides is 1. The third kappa shape index (κ3) is 4.59. The maximum atomic E-state index is 12.4. The molecule has 1 amide bonds. The van der Waals surface area contributed by atoms with Crippen molar-refractivity contribution in [3.05, 3.63) is 28.2 Å². The molecule has 0 saturated heterocycles. The summed E-state index contributed by atoms with van der Waals surface area (Å²) in [5.74, 6) is 0.996. The van der Waals surface area contributed by atoms with Gasteiger partial charge in [-0.2, -0.15) is 0 Å². The Morgan fingerprint density at radius 3 is 2.81 bits per heavy atom.